The summed E-state index contributed by atoms with van der Waals surface area (Å²) in [6, 6.07) is 0.215. The average Bonchev–Trinajstić information content (AvgIpc) is 2.36. The first-order valence-corrected chi connectivity index (χ1v) is 6.46. The average molecular weight is 250 g/mol. The Morgan fingerprint density at radius 1 is 1.50 bits per heavy atom. The van der Waals surface area contributed by atoms with Crippen molar-refractivity contribution in [3.63, 3.8) is 0 Å². The minimum Gasteiger partial charge on any atom is -0.496 e. The van der Waals surface area contributed by atoms with E-state index in [0.29, 0.717) is 5.92 Å². The van der Waals surface area contributed by atoms with Crippen LogP contribution in [0.15, 0.2) is 6.20 Å². The van der Waals surface area contributed by atoms with E-state index in [1.165, 1.54) is 0 Å². The normalized spacial score (nSPS) is 24.0. The molecule has 1 aromatic heterocycles. The molecular weight excluding hydrogens is 228 g/mol. The minimum absolute atomic E-state index is 0.215. The molecule has 0 aliphatic carbocycles. The van der Waals surface area contributed by atoms with Crippen LogP contribution in [0, 0.1) is 19.8 Å². The maximum absolute atomic E-state index is 6.14. The molecule has 2 atom stereocenters. The lowest BCUT2D eigenvalue weighted by atomic mass is 9.90. The molecule has 0 radical (unpaired) electrons. The fourth-order valence-corrected chi connectivity index (χ4v) is 2.55. The van der Waals surface area contributed by atoms with Crippen LogP contribution in [0.1, 0.15) is 23.2 Å². The van der Waals surface area contributed by atoms with Crippen LogP contribution in [-0.2, 0) is 11.2 Å². The van der Waals surface area contributed by atoms with Crippen molar-refractivity contribution in [2.24, 2.45) is 11.7 Å². The highest BCUT2D eigenvalue weighted by Crippen LogP contribution is 2.27. The number of methoxy groups -OCH3 is 1. The lowest BCUT2D eigenvalue weighted by Crippen LogP contribution is -2.40. The molecule has 1 aromatic rings. The fourth-order valence-electron chi connectivity index (χ4n) is 2.55. The first-order valence-electron chi connectivity index (χ1n) is 6.46. The van der Waals surface area contributed by atoms with E-state index in [4.69, 9.17) is 15.2 Å². The van der Waals surface area contributed by atoms with Crippen LogP contribution in [0.3, 0.4) is 0 Å². The van der Waals surface area contributed by atoms with E-state index >= 15 is 0 Å². The summed E-state index contributed by atoms with van der Waals surface area (Å²) in [5, 5.41) is 0. The number of ether oxygens (including phenoxy) is 2. The lowest BCUT2D eigenvalue weighted by molar-refractivity contribution is 0.0418. The number of aromatic nitrogens is 1. The van der Waals surface area contributed by atoms with E-state index in [1.807, 2.05) is 13.1 Å². The molecule has 4 heteroatoms. The monoisotopic (exact) mass is 250 g/mol. The molecule has 0 amide bonds. The van der Waals surface area contributed by atoms with Gasteiger partial charge in [-0.1, -0.05) is 0 Å². The van der Waals surface area contributed by atoms with E-state index in [0.717, 1.165) is 48.6 Å². The van der Waals surface area contributed by atoms with Crippen LogP contribution in [0.2, 0.25) is 0 Å². The zero-order chi connectivity index (χ0) is 13.1. The lowest BCUT2D eigenvalue weighted by Gasteiger charge is -2.29. The summed E-state index contributed by atoms with van der Waals surface area (Å²) < 4.78 is 10.9. The molecule has 1 saturated heterocycles. The molecule has 0 bridgehead atoms. The molecule has 2 unspecified atom stereocenters. The van der Waals surface area contributed by atoms with Gasteiger partial charge >= 0.3 is 0 Å². The molecule has 2 N–H and O–H groups in total. The summed E-state index contributed by atoms with van der Waals surface area (Å²) in [6.07, 6.45) is 3.67. The Morgan fingerprint density at radius 2 is 2.28 bits per heavy atom. The largest absolute Gasteiger partial charge is 0.496 e. The van der Waals surface area contributed by atoms with Gasteiger partial charge in [-0.05, 0) is 26.7 Å². The highest BCUT2D eigenvalue weighted by molar-refractivity contribution is 5.41. The zero-order valence-corrected chi connectivity index (χ0v) is 11.4. The second-order valence-corrected chi connectivity index (χ2v) is 5.04. The summed E-state index contributed by atoms with van der Waals surface area (Å²) in [4.78, 5) is 4.52. The summed E-state index contributed by atoms with van der Waals surface area (Å²) in [5.74, 6) is 1.29. The van der Waals surface area contributed by atoms with Crippen molar-refractivity contribution >= 4 is 0 Å². The quantitative estimate of drug-likeness (QED) is 0.885. The molecule has 1 fully saturated rings. The van der Waals surface area contributed by atoms with E-state index in [1.54, 1.807) is 7.11 Å². The molecular formula is C14H22N2O2. The Labute approximate surface area is 108 Å². The van der Waals surface area contributed by atoms with Crippen molar-refractivity contribution in [1.82, 2.24) is 4.98 Å². The van der Waals surface area contributed by atoms with Crippen LogP contribution in [0.5, 0.6) is 5.75 Å². The molecule has 18 heavy (non-hydrogen) atoms. The van der Waals surface area contributed by atoms with Crippen molar-refractivity contribution in [3.05, 3.63) is 23.0 Å². The second-order valence-electron chi connectivity index (χ2n) is 5.04. The van der Waals surface area contributed by atoms with Gasteiger partial charge in [0.05, 0.1) is 13.7 Å². The second kappa shape index (κ2) is 5.67. The number of nitrogens with two attached hydrogens (primary N) is 1. The van der Waals surface area contributed by atoms with E-state index in [9.17, 15) is 0 Å². The Bertz CT molecular complexity index is 421. The summed E-state index contributed by atoms with van der Waals surface area (Å²) in [6.45, 7) is 5.58. The third kappa shape index (κ3) is 2.65. The maximum atomic E-state index is 6.14. The molecule has 1 aliphatic heterocycles. The predicted octanol–water partition coefficient (Wildman–Crippen LogP) is 1.61. The first-order chi connectivity index (χ1) is 8.63. The highest BCUT2D eigenvalue weighted by Gasteiger charge is 2.24. The Morgan fingerprint density at radius 3 is 2.94 bits per heavy atom. The van der Waals surface area contributed by atoms with Gasteiger partial charge in [0.15, 0.2) is 0 Å². The summed E-state index contributed by atoms with van der Waals surface area (Å²) in [5.41, 5.74) is 9.40. The number of hydrogen-bond acceptors (Lipinski definition) is 4. The van der Waals surface area contributed by atoms with Crippen molar-refractivity contribution in [2.75, 3.05) is 20.3 Å². The third-order valence-corrected chi connectivity index (χ3v) is 3.74. The molecule has 100 valence electrons. The van der Waals surface area contributed by atoms with Crippen LogP contribution in [-0.4, -0.2) is 31.3 Å². The van der Waals surface area contributed by atoms with Gasteiger partial charge in [0.25, 0.3) is 0 Å². The van der Waals surface area contributed by atoms with Gasteiger partial charge in [-0.25, -0.2) is 0 Å². The van der Waals surface area contributed by atoms with E-state index in [2.05, 4.69) is 11.9 Å². The number of aryl methyl sites for hydroxylation is 1. The van der Waals surface area contributed by atoms with E-state index in [-0.39, 0.29) is 6.04 Å². The predicted molar refractivity (Wildman–Crippen MR) is 70.9 cm³/mol. The van der Waals surface area contributed by atoms with Gasteiger partial charge in [-0.3, -0.25) is 4.98 Å². The van der Waals surface area contributed by atoms with Crippen LogP contribution < -0.4 is 10.5 Å². The number of nitrogens with zero attached hydrogens (tertiary/aromatic N) is 1. The standard InChI is InChI=1S/C14H22N2O2/c1-9-7-16-13(10(2)14(9)17-3)6-11-8-18-5-4-12(11)15/h7,11-12H,4-6,8,15H2,1-3H3. The van der Waals surface area contributed by atoms with Gasteiger partial charge in [-0.15, -0.1) is 0 Å². The molecule has 0 spiro atoms. The zero-order valence-electron chi connectivity index (χ0n) is 11.4. The van der Waals surface area contributed by atoms with Gasteiger partial charge in [-0.2, -0.15) is 0 Å². The highest BCUT2D eigenvalue weighted by atomic mass is 16.5. The molecule has 2 heterocycles. The molecule has 1 aliphatic rings. The first kappa shape index (κ1) is 13.3. The Hall–Kier alpha value is -1.13. The Balaban J connectivity index is 2.18. The Kier molecular flexibility index (Phi) is 4.19. The van der Waals surface area contributed by atoms with Crippen molar-refractivity contribution < 1.29 is 9.47 Å². The number of rotatable bonds is 3. The van der Waals surface area contributed by atoms with Gasteiger partial charge in [0.1, 0.15) is 5.75 Å². The maximum Gasteiger partial charge on any atom is 0.128 e. The SMILES string of the molecule is COc1c(C)cnc(CC2COCCC2N)c1C. The van der Waals surface area contributed by atoms with Crippen molar-refractivity contribution in [2.45, 2.75) is 32.7 Å². The van der Waals surface area contributed by atoms with Crippen LogP contribution in [0.4, 0.5) is 0 Å². The van der Waals surface area contributed by atoms with Gasteiger partial charge in [0, 0.05) is 41.6 Å². The van der Waals surface area contributed by atoms with E-state index < -0.39 is 0 Å². The van der Waals surface area contributed by atoms with Crippen LogP contribution in [0.25, 0.3) is 0 Å². The topological polar surface area (TPSA) is 57.4 Å². The number of pyridine rings is 1. The molecule has 0 saturated carbocycles. The van der Waals surface area contributed by atoms with Crippen molar-refractivity contribution in [3.8, 4) is 5.75 Å². The van der Waals surface area contributed by atoms with Crippen molar-refractivity contribution in [1.29, 1.82) is 0 Å². The molecule has 0 aromatic carbocycles. The number of hydrogen-bond donors (Lipinski definition) is 1. The molecule has 2 rings (SSSR count). The summed E-state index contributed by atoms with van der Waals surface area (Å²) in [7, 11) is 1.70. The molecule has 4 nitrogen and oxygen atoms in total. The third-order valence-electron chi connectivity index (χ3n) is 3.74. The van der Waals surface area contributed by atoms with Crippen LogP contribution >= 0.6 is 0 Å². The minimum atomic E-state index is 0.215. The van der Waals surface area contributed by atoms with Gasteiger partial charge in [0.2, 0.25) is 0 Å². The fraction of sp³-hybridized carbons (Fsp3) is 0.643. The summed E-state index contributed by atoms with van der Waals surface area (Å²) >= 11 is 0. The smallest absolute Gasteiger partial charge is 0.128 e. The van der Waals surface area contributed by atoms with Gasteiger partial charge < -0.3 is 15.2 Å².